The van der Waals surface area contributed by atoms with Crippen molar-refractivity contribution in [1.82, 2.24) is 14.7 Å². The molecule has 1 saturated heterocycles. The van der Waals surface area contributed by atoms with Crippen LogP contribution in [0.1, 0.15) is 28.9 Å². The van der Waals surface area contributed by atoms with Gasteiger partial charge in [-0.15, -0.1) is 11.3 Å². The van der Waals surface area contributed by atoms with Crippen LogP contribution in [0.25, 0.3) is 16.0 Å². The van der Waals surface area contributed by atoms with Crippen molar-refractivity contribution in [2.24, 2.45) is 5.92 Å². The second-order valence-electron chi connectivity index (χ2n) is 5.98. The molecule has 7 heteroatoms. The summed E-state index contributed by atoms with van der Waals surface area (Å²) in [6.07, 6.45) is 4.04. The van der Waals surface area contributed by atoms with Crippen molar-refractivity contribution in [2.45, 2.75) is 19.3 Å². The number of carbonyl (C=O) groups excluding carboxylic acids is 2. The highest BCUT2D eigenvalue weighted by molar-refractivity contribution is 7.20. The van der Waals surface area contributed by atoms with Gasteiger partial charge >= 0.3 is 5.97 Å². The van der Waals surface area contributed by atoms with Gasteiger partial charge in [0.15, 0.2) is 0 Å². The number of hydrogen-bond donors (Lipinski definition) is 1. The van der Waals surface area contributed by atoms with Gasteiger partial charge in [0.25, 0.3) is 0 Å². The summed E-state index contributed by atoms with van der Waals surface area (Å²) in [5.74, 6) is 0.00141. The molecule has 1 atom stereocenters. The molecule has 4 rings (SSSR count). The minimum absolute atomic E-state index is 0.0795. The number of nitrogens with one attached hydrogen (secondary N) is 1. The van der Waals surface area contributed by atoms with E-state index < -0.39 is 0 Å². The molecule has 1 fully saturated rings. The summed E-state index contributed by atoms with van der Waals surface area (Å²) in [4.78, 5) is 29.6. The Morgan fingerprint density at radius 3 is 3.25 bits per heavy atom. The van der Waals surface area contributed by atoms with E-state index in [9.17, 15) is 9.59 Å². The van der Waals surface area contributed by atoms with Crippen molar-refractivity contribution >= 4 is 39.2 Å². The minimum atomic E-state index is -0.314. The lowest BCUT2D eigenvalue weighted by atomic mass is 10.0. The molecule has 24 heavy (non-hydrogen) atoms. The van der Waals surface area contributed by atoms with Gasteiger partial charge in [-0.1, -0.05) is 6.07 Å². The van der Waals surface area contributed by atoms with Gasteiger partial charge in [-0.3, -0.25) is 9.20 Å². The molecule has 1 aliphatic heterocycles. The fourth-order valence-electron chi connectivity index (χ4n) is 2.97. The molecule has 1 amide bonds. The third-order valence-corrected chi connectivity index (χ3v) is 5.31. The highest BCUT2D eigenvalue weighted by Crippen LogP contribution is 2.27. The van der Waals surface area contributed by atoms with Gasteiger partial charge in [0.05, 0.1) is 12.1 Å². The van der Waals surface area contributed by atoms with Gasteiger partial charge in [0.2, 0.25) is 5.91 Å². The summed E-state index contributed by atoms with van der Waals surface area (Å²) in [6, 6.07) is 7.64. The highest BCUT2D eigenvalue weighted by Gasteiger charge is 2.20. The number of amides is 1. The first-order chi connectivity index (χ1) is 11.7. The number of pyridine rings is 1. The molecule has 0 radical (unpaired) electrons. The number of aromatic nitrogens is 2. The molecule has 1 aliphatic rings. The largest absolute Gasteiger partial charge is 0.461 e. The molecule has 3 aromatic rings. The first kappa shape index (κ1) is 15.1. The molecule has 4 heterocycles. The average molecular weight is 343 g/mol. The van der Waals surface area contributed by atoms with Gasteiger partial charge < -0.3 is 10.1 Å². The van der Waals surface area contributed by atoms with Gasteiger partial charge in [-0.05, 0) is 37.0 Å². The molecule has 1 N–H and O–H groups in total. The van der Waals surface area contributed by atoms with Gasteiger partial charge in [-0.25, -0.2) is 9.78 Å². The van der Waals surface area contributed by atoms with Crippen LogP contribution >= 0.6 is 11.3 Å². The van der Waals surface area contributed by atoms with E-state index in [1.54, 1.807) is 0 Å². The van der Waals surface area contributed by atoms with Crippen molar-refractivity contribution in [1.29, 1.82) is 0 Å². The summed E-state index contributed by atoms with van der Waals surface area (Å²) < 4.78 is 7.43. The van der Waals surface area contributed by atoms with Crippen LogP contribution in [0.15, 0.2) is 30.5 Å². The summed E-state index contributed by atoms with van der Waals surface area (Å²) >= 11 is 1.35. The first-order valence-corrected chi connectivity index (χ1v) is 8.83. The molecule has 0 spiro atoms. The second kappa shape index (κ2) is 6.24. The van der Waals surface area contributed by atoms with Crippen LogP contribution < -0.4 is 5.32 Å². The highest BCUT2D eigenvalue weighted by atomic mass is 32.1. The Labute approximate surface area is 142 Å². The Balaban J connectivity index is 1.46. The van der Waals surface area contributed by atoms with Crippen molar-refractivity contribution in [3.8, 4) is 0 Å². The SMILES string of the molecule is O=C1CCC(COC(=O)c2cc3c(nc4ccccn43)s2)CCN1. The van der Waals surface area contributed by atoms with E-state index in [1.807, 2.05) is 34.9 Å². The number of thiophene rings is 1. The Kier molecular flexibility index (Phi) is 3.93. The Bertz CT molecular complexity index is 914. The predicted octanol–water partition coefficient (Wildman–Crippen LogP) is 2.62. The maximum Gasteiger partial charge on any atom is 0.348 e. The average Bonchev–Trinajstić information content (AvgIpc) is 3.07. The van der Waals surface area contributed by atoms with Crippen LogP contribution in [0, 0.1) is 5.92 Å². The number of esters is 1. The number of carbonyl (C=O) groups is 2. The summed E-state index contributed by atoms with van der Waals surface area (Å²) in [6.45, 7) is 1.01. The van der Waals surface area contributed by atoms with Crippen LogP contribution in [-0.4, -0.2) is 34.4 Å². The molecule has 0 aromatic carbocycles. The van der Waals surface area contributed by atoms with Gasteiger partial charge in [0, 0.05) is 19.2 Å². The normalized spacial score (nSPS) is 18.5. The zero-order chi connectivity index (χ0) is 16.5. The third-order valence-electron chi connectivity index (χ3n) is 4.31. The maximum absolute atomic E-state index is 12.3. The molecule has 1 unspecified atom stereocenters. The smallest absolute Gasteiger partial charge is 0.348 e. The van der Waals surface area contributed by atoms with E-state index in [2.05, 4.69) is 10.3 Å². The van der Waals surface area contributed by atoms with E-state index >= 15 is 0 Å². The molecular weight excluding hydrogens is 326 g/mol. The lowest BCUT2D eigenvalue weighted by molar-refractivity contribution is -0.120. The van der Waals surface area contributed by atoms with Crippen LogP contribution in [0.2, 0.25) is 0 Å². The van der Waals surface area contributed by atoms with Gasteiger partial charge in [0.1, 0.15) is 15.4 Å². The van der Waals surface area contributed by atoms with Gasteiger partial charge in [-0.2, -0.15) is 0 Å². The van der Waals surface area contributed by atoms with E-state index in [0.29, 0.717) is 24.4 Å². The monoisotopic (exact) mass is 343 g/mol. The molecular formula is C17H17N3O3S. The second-order valence-corrected chi connectivity index (χ2v) is 7.01. The maximum atomic E-state index is 12.3. The standard InChI is InChI=1S/C17H17N3O3S/c21-15-5-4-11(6-7-18-15)10-23-17(22)13-9-12-16(24-13)19-14-3-1-2-8-20(12)14/h1-3,8-9,11H,4-7,10H2,(H,18,21). The summed E-state index contributed by atoms with van der Waals surface area (Å²) in [7, 11) is 0. The predicted molar refractivity (Wildman–Crippen MR) is 91.2 cm³/mol. The number of ether oxygens (including phenoxy) is 1. The summed E-state index contributed by atoms with van der Waals surface area (Å²) in [5, 5.41) is 2.84. The van der Waals surface area contributed by atoms with E-state index in [4.69, 9.17) is 4.74 Å². The molecule has 0 bridgehead atoms. The van der Waals surface area contributed by atoms with Crippen molar-refractivity contribution in [3.05, 3.63) is 35.3 Å². The summed E-state index contributed by atoms with van der Waals surface area (Å²) in [5.41, 5.74) is 1.79. The molecule has 124 valence electrons. The Morgan fingerprint density at radius 2 is 2.33 bits per heavy atom. The zero-order valence-corrected chi connectivity index (χ0v) is 13.8. The zero-order valence-electron chi connectivity index (χ0n) is 13.0. The van der Waals surface area contributed by atoms with E-state index in [1.165, 1.54) is 11.3 Å². The fourth-order valence-corrected chi connectivity index (χ4v) is 3.90. The Hall–Kier alpha value is -2.41. The third kappa shape index (κ3) is 2.87. The first-order valence-electron chi connectivity index (χ1n) is 8.01. The van der Waals surface area contributed by atoms with Crippen LogP contribution in [0.5, 0.6) is 0 Å². The molecule has 6 nitrogen and oxygen atoms in total. The van der Waals surface area contributed by atoms with Crippen LogP contribution in [-0.2, 0) is 9.53 Å². The quantitative estimate of drug-likeness (QED) is 0.742. The fraction of sp³-hybridized carbons (Fsp3) is 0.353. The minimum Gasteiger partial charge on any atom is -0.461 e. The topological polar surface area (TPSA) is 72.7 Å². The lowest BCUT2D eigenvalue weighted by Gasteiger charge is -2.12. The van der Waals surface area contributed by atoms with Crippen LogP contribution in [0.4, 0.5) is 0 Å². The lowest BCUT2D eigenvalue weighted by Crippen LogP contribution is -2.21. The van der Waals surface area contributed by atoms with Crippen molar-refractivity contribution < 1.29 is 14.3 Å². The Morgan fingerprint density at radius 1 is 1.42 bits per heavy atom. The van der Waals surface area contributed by atoms with Crippen LogP contribution in [0.3, 0.4) is 0 Å². The van der Waals surface area contributed by atoms with Crippen molar-refractivity contribution in [3.63, 3.8) is 0 Å². The molecule has 3 aromatic heterocycles. The number of rotatable bonds is 3. The molecule has 0 aliphatic carbocycles. The molecule has 0 saturated carbocycles. The number of nitrogens with zero attached hydrogens (tertiary/aromatic N) is 2. The number of fused-ring (bicyclic) bond motifs is 3. The number of imidazole rings is 1. The van der Waals surface area contributed by atoms with Crippen molar-refractivity contribution in [2.75, 3.05) is 13.2 Å². The van der Waals surface area contributed by atoms with E-state index in [-0.39, 0.29) is 17.8 Å². The van der Waals surface area contributed by atoms with E-state index in [0.717, 1.165) is 28.8 Å². The number of hydrogen-bond acceptors (Lipinski definition) is 5.